The van der Waals surface area contributed by atoms with Gasteiger partial charge in [0.15, 0.2) is 0 Å². The molecule has 27 heavy (non-hydrogen) atoms. The molecule has 0 aliphatic heterocycles. The number of phosphoric ester groups is 1. The average molecular weight is 411 g/mol. The molecule has 9 heteroatoms. The Kier molecular flexibility index (Phi) is 14.2. The number of quaternary nitrogens is 1. The van der Waals surface area contributed by atoms with Crippen LogP contribution in [0.25, 0.3) is 0 Å². The Morgan fingerprint density at radius 3 is 2.26 bits per heavy atom. The van der Waals surface area contributed by atoms with Crippen molar-refractivity contribution in [3.05, 3.63) is 0 Å². The molecule has 1 N–H and O–H groups in total. The van der Waals surface area contributed by atoms with Crippen LogP contribution >= 0.6 is 7.82 Å². The van der Waals surface area contributed by atoms with Crippen LogP contribution in [0.4, 0.5) is 0 Å². The third-order valence-electron chi connectivity index (χ3n) is 3.91. The first-order chi connectivity index (χ1) is 12.6. The SMILES string of the molecule is CCCCCCCCCC(=O)OC[C@H](CO)OP(=O)([O-])OCC[N+](C)(C)C. The quantitative estimate of drug-likeness (QED) is 0.169. The van der Waals surface area contributed by atoms with Crippen LogP contribution in [0, 0.1) is 0 Å². The fraction of sp³-hybridized carbons (Fsp3) is 0.944. The Balaban J connectivity index is 3.97. The largest absolute Gasteiger partial charge is 0.756 e. The Labute approximate surface area is 164 Å². The van der Waals surface area contributed by atoms with Gasteiger partial charge in [-0.3, -0.25) is 9.36 Å². The smallest absolute Gasteiger partial charge is 0.305 e. The third-order valence-corrected chi connectivity index (χ3v) is 4.96. The van der Waals surface area contributed by atoms with Crippen molar-refractivity contribution in [2.45, 2.75) is 64.4 Å². The summed E-state index contributed by atoms with van der Waals surface area (Å²) < 4.78 is 26.9. The maximum Gasteiger partial charge on any atom is 0.305 e. The summed E-state index contributed by atoms with van der Waals surface area (Å²) in [7, 11) is 1.15. The number of hydrogen-bond donors (Lipinski definition) is 1. The summed E-state index contributed by atoms with van der Waals surface area (Å²) >= 11 is 0. The number of rotatable bonds is 17. The number of carbonyl (C=O) groups is 1. The van der Waals surface area contributed by atoms with Gasteiger partial charge in [-0.25, -0.2) is 0 Å². The summed E-state index contributed by atoms with van der Waals surface area (Å²) in [6.45, 7) is 1.71. The molecule has 0 spiro atoms. The molecule has 8 nitrogen and oxygen atoms in total. The van der Waals surface area contributed by atoms with Gasteiger partial charge < -0.3 is 28.3 Å². The zero-order chi connectivity index (χ0) is 20.8. The van der Waals surface area contributed by atoms with E-state index in [1.165, 1.54) is 25.7 Å². The first-order valence-electron chi connectivity index (χ1n) is 9.80. The van der Waals surface area contributed by atoms with Crippen LogP contribution in [0.1, 0.15) is 58.3 Å². The number of phosphoric acid groups is 1. The molecule has 0 bridgehead atoms. The standard InChI is InChI=1S/C18H38NO7P/c1-5-6-7-8-9-10-11-12-18(21)24-16-17(15-20)26-27(22,23)25-14-13-19(2,3)4/h17,20H,5-16H2,1-4H3/t17-/m0/s1. The van der Waals surface area contributed by atoms with Crippen molar-refractivity contribution in [3.8, 4) is 0 Å². The van der Waals surface area contributed by atoms with Crippen molar-refractivity contribution < 1.29 is 37.6 Å². The highest BCUT2D eigenvalue weighted by atomic mass is 31.2. The lowest BCUT2D eigenvalue weighted by atomic mass is 10.1. The minimum atomic E-state index is -4.56. The van der Waals surface area contributed by atoms with Gasteiger partial charge in [0.25, 0.3) is 7.82 Å². The van der Waals surface area contributed by atoms with Gasteiger partial charge >= 0.3 is 5.97 Å². The lowest BCUT2D eigenvalue weighted by Gasteiger charge is -2.29. The molecule has 0 aromatic rings. The molecule has 0 radical (unpaired) electrons. The van der Waals surface area contributed by atoms with Gasteiger partial charge in [-0.05, 0) is 6.42 Å². The number of esters is 1. The third kappa shape index (κ3) is 17.3. The van der Waals surface area contributed by atoms with E-state index in [9.17, 15) is 19.4 Å². The maximum absolute atomic E-state index is 11.8. The Morgan fingerprint density at radius 2 is 1.70 bits per heavy atom. The second kappa shape index (κ2) is 14.5. The molecule has 0 aliphatic rings. The van der Waals surface area contributed by atoms with Crippen LogP contribution in [0.2, 0.25) is 0 Å². The van der Waals surface area contributed by atoms with Gasteiger partial charge in [0.1, 0.15) is 25.9 Å². The van der Waals surface area contributed by atoms with Gasteiger partial charge in [0, 0.05) is 6.42 Å². The highest BCUT2D eigenvalue weighted by molar-refractivity contribution is 7.45. The zero-order valence-corrected chi connectivity index (χ0v) is 18.2. The number of ether oxygens (including phenoxy) is 1. The molecule has 0 heterocycles. The summed E-state index contributed by atoms with van der Waals surface area (Å²) in [5.41, 5.74) is 0. The molecular weight excluding hydrogens is 373 g/mol. The highest BCUT2D eigenvalue weighted by Crippen LogP contribution is 2.39. The number of nitrogens with zero attached hydrogens (tertiary/aromatic N) is 1. The summed E-state index contributed by atoms with van der Waals surface area (Å²) in [4.78, 5) is 23.5. The van der Waals surface area contributed by atoms with Gasteiger partial charge in [-0.15, -0.1) is 0 Å². The van der Waals surface area contributed by atoms with Gasteiger partial charge in [-0.1, -0.05) is 45.4 Å². The molecule has 0 amide bonds. The molecule has 1 unspecified atom stereocenters. The summed E-state index contributed by atoms with van der Waals surface area (Å²) in [6.07, 6.45) is 6.78. The van der Waals surface area contributed by atoms with E-state index < -0.39 is 26.5 Å². The van der Waals surface area contributed by atoms with E-state index in [-0.39, 0.29) is 19.6 Å². The average Bonchev–Trinajstić information content (AvgIpc) is 2.56. The monoisotopic (exact) mass is 411 g/mol. The number of aliphatic hydroxyl groups excluding tert-OH is 1. The van der Waals surface area contributed by atoms with Crippen molar-refractivity contribution in [1.29, 1.82) is 0 Å². The summed E-state index contributed by atoms with van der Waals surface area (Å²) in [6, 6.07) is 0. The maximum atomic E-state index is 11.8. The predicted octanol–water partition coefficient (Wildman–Crippen LogP) is 2.24. The molecular formula is C18H38NO7P. The van der Waals surface area contributed by atoms with Crippen molar-refractivity contribution in [2.75, 3.05) is 47.5 Å². The number of hydrogen-bond acceptors (Lipinski definition) is 7. The zero-order valence-electron chi connectivity index (χ0n) is 17.4. The summed E-state index contributed by atoms with van der Waals surface area (Å²) in [5.74, 6) is -0.419. The van der Waals surface area contributed by atoms with Gasteiger partial charge in [0.05, 0.1) is 27.7 Å². The van der Waals surface area contributed by atoms with Gasteiger partial charge in [-0.2, -0.15) is 0 Å². The molecule has 0 saturated heterocycles. The Morgan fingerprint density at radius 1 is 1.11 bits per heavy atom. The lowest BCUT2D eigenvalue weighted by molar-refractivity contribution is -0.870. The van der Waals surface area contributed by atoms with E-state index in [4.69, 9.17) is 13.8 Å². The number of likely N-dealkylation sites (N-methyl/N-ethyl adjacent to an activating group) is 1. The number of carbonyl (C=O) groups excluding carboxylic acids is 1. The topological polar surface area (TPSA) is 105 Å². The Bertz CT molecular complexity index is 440. The summed E-state index contributed by atoms with van der Waals surface area (Å²) in [5, 5.41) is 9.24. The van der Waals surface area contributed by atoms with Crippen LogP contribution in [0.15, 0.2) is 0 Å². The van der Waals surface area contributed by atoms with E-state index in [1.54, 1.807) is 0 Å². The van der Waals surface area contributed by atoms with Crippen LogP contribution in [0.3, 0.4) is 0 Å². The minimum absolute atomic E-state index is 0.0273. The molecule has 0 aromatic heterocycles. The molecule has 0 saturated carbocycles. The van der Waals surface area contributed by atoms with Crippen molar-refractivity contribution >= 4 is 13.8 Å². The van der Waals surface area contributed by atoms with E-state index in [2.05, 4.69) is 6.92 Å². The predicted molar refractivity (Wildman–Crippen MR) is 102 cm³/mol. The molecule has 0 fully saturated rings. The minimum Gasteiger partial charge on any atom is -0.756 e. The number of unbranched alkanes of at least 4 members (excludes halogenated alkanes) is 6. The molecule has 2 atom stereocenters. The van der Waals surface area contributed by atoms with Gasteiger partial charge in [0.2, 0.25) is 0 Å². The van der Waals surface area contributed by atoms with Crippen LogP contribution in [0.5, 0.6) is 0 Å². The fourth-order valence-corrected chi connectivity index (χ4v) is 3.10. The fourth-order valence-electron chi connectivity index (χ4n) is 2.24. The first kappa shape index (κ1) is 26.5. The van der Waals surface area contributed by atoms with Crippen molar-refractivity contribution in [2.24, 2.45) is 0 Å². The van der Waals surface area contributed by atoms with Crippen LogP contribution in [-0.2, 0) is 23.1 Å². The molecule has 0 rings (SSSR count). The normalized spacial score (nSPS) is 15.3. The van der Waals surface area contributed by atoms with E-state index in [0.717, 1.165) is 19.3 Å². The van der Waals surface area contributed by atoms with Crippen LogP contribution < -0.4 is 4.89 Å². The first-order valence-corrected chi connectivity index (χ1v) is 11.3. The number of aliphatic hydroxyl groups is 1. The second-order valence-corrected chi connectivity index (χ2v) is 9.12. The van der Waals surface area contributed by atoms with E-state index >= 15 is 0 Å². The molecule has 0 aromatic carbocycles. The molecule has 162 valence electrons. The second-order valence-electron chi connectivity index (χ2n) is 7.76. The van der Waals surface area contributed by atoms with E-state index in [0.29, 0.717) is 11.0 Å². The highest BCUT2D eigenvalue weighted by Gasteiger charge is 2.20. The lowest BCUT2D eigenvalue weighted by Crippen LogP contribution is -2.38. The van der Waals surface area contributed by atoms with Crippen molar-refractivity contribution in [3.63, 3.8) is 0 Å². The Hall–Kier alpha value is -0.500. The van der Waals surface area contributed by atoms with E-state index in [1.807, 2.05) is 21.1 Å². The van der Waals surface area contributed by atoms with Crippen molar-refractivity contribution in [1.82, 2.24) is 0 Å². The molecule has 0 aliphatic carbocycles. The van der Waals surface area contributed by atoms with Crippen LogP contribution in [-0.4, -0.2) is 69.2 Å².